The molecule has 31 heavy (non-hydrogen) atoms. The van der Waals surface area contributed by atoms with Gasteiger partial charge < -0.3 is 20.2 Å². The molecule has 0 unspecified atom stereocenters. The van der Waals surface area contributed by atoms with Crippen molar-refractivity contribution in [2.24, 2.45) is 0 Å². The number of alkyl halides is 3. The molecule has 2 amide bonds. The number of hydrogen-bond acceptors (Lipinski definition) is 5. The van der Waals surface area contributed by atoms with E-state index in [9.17, 15) is 27.9 Å². The third kappa shape index (κ3) is 5.94. The summed E-state index contributed by atoms with van der Waals surface area (Å²) in [6.07, 6.45) is -5.16. The van der Waals surface area contributed by atoms with E-state index in [1.54, 1.807) is 4.90 Å². The van der Waals surface area contributed by atoms with Gasteiger partial charge in [0.05, 0.1) is 18.7 Å². The van der Waals surface area contributed by atoms with Crippen molar-refractivity contribution in [3.05, 3.63) is 22.7 Å². The van der Waals surface area contributed by atoms with Gasteiger partial charge in [-0.1, -0.05) is 18.5 Å². The Bertz CT molecular complexity index is 823. The Morgan fingerprint density at radius 2 is 1.77 bits per heavy atom. The van der Waals surface area contributed by atoms with E-state index in [0.29, 0.717) is 38.6 Å². The average molecular weight is 463 g/mol. The molecule has 0 radical (unpaired) electrons. The lowest BCUT2D eigenvalue weighted by Crippen LogP contribution is -2.64. The summed E-state index contributed by atoms with van der Waals surface area (Å²) in [4.78, 5) is 29.9. The third-order valence-corrected chi connectivity index (χ3v) is 6.04. The van der Waals surface area contributed by atoms with E-state index < -0.39 is 12.6 Å². The maximum atomic E-state index is 12.7. The minimum absolute atomic E-state index is 0.0331. The fourth-order valence-corrected chi connectivity index (χ4v) is 4.06. The summed E-state index contributed by atoms with van der Waals surface area (Å²) in [6, 6.07) is 2.49. The number of hydrogen-bond donors (Lipinski definition) is 2. The van der Waals surface area contributed by atoms with Crippen LogP contribution < -0.4 is 5.32 Å². The number of nitrogens with one attached hydrogen (secondary N) is 1. The van der Waals surface area contributed by atoms with E-state index in [1.165, 1.54) is 0 Å². The Morgan fingerprint density at radius 1 is 1.13 bits per heavy atom. The van der Waals surface area contributed by atoms with Crippen LogP contribution in [0.5, 0.6) is 5.75 Å². The van der Waals surface area contributed by atoms with E-state index in [-0.39, 0.29) is 40.4 Å². The number of phenols is 1. The standard InChI is InChI=1S/C20H26ClF3N4O3/c1-2-18(30)28-11-14(12-28)26-3-5-27(6-4-26)19(31)10-25-16-7-13(9-20(22,23)24)15(21)8-17(16)29/h7-8,14,25,29H,2-6,9-12H2,1H3. The van der Waals surface area contributed by atoms with E-state index in [1.807, 2.05) is 11.8 Å². The lowest BCUT2D eigenvalue weighted by atomic mass is 10.1. The van der Waals surface area contributed by atoms with Crippen molar-refractivity contribution in [1.82, 2.24) is 14.7 Å². The monoisotopic (exact) mass is 462 g/mol. The van der Waals surface area contributed by atoms with Gasteiger partial charge in [0.25, 0.3) is 0 Å². The quantitative estimate of drug-likeness (QED) is 0.635. The molecule has 7 nitrogen and oxygen atoms in total. The van der Waals surface area contributed by atoms with Crippen LogP contribution in [0.15, 0.2) is 12.1 Å². The maximum Gasteiger partial charge on any atom is 0.393 e. The minimum Gasteiger partial charge on any atom is -0.506 e. The second-order valence-corrected chi connectivity index (χ2v) is 8.24. The summed E-state index contributed by atoms with van der Waals surface area (Å²) in [6.45, 7) is 5.60. The minimum atomic E-state index is -4.44. The van der Waals surface area contributed by atoms with Crippen molar-refractivity contribution >= 4 is 29.1 Å². The first kappa shape index (κ1) is 23.5. The Hall–Kier alpha value is -2.20. The van der Waals surface area contributed by atoms with Gasteiger partial charge >= 0.3 is 6.18 Å². The SMILES string of the molecule is CCC(=O)N1CC(N2CCN(C(=O)CNc3cc(CC(F)(F)F)c(Cl)cc3O)CC2)C1. The summed E-state index contributed by atoms with van der Waals surface area (Å²) < 4.78 is 38.0. The van der Waals surface area contributed by atoms with Gasteiger partial charge in [-0.15, -0.1) is 0 Å². The molecule has 0 saturated carbocycles. The highest BCUT2D eigenvalue weighted by Gasteiger charge is 2.36. The van der Waals surface area contributed by atoms with Crippen LogP contribution in [0, 0.1) is 0 Å². The molecule has 172 valence electrons. The lowest BCUT2D eigenvalue weighted by molar-refractivity contribution is -0.139. The molecule has 2 N–H and O–H groups in total. The van der Waals surface area contributed by atoms with Gasteiger partial charge in [-0.3, -0.25) is 14.5 Å². The van der Waals surface area contributed by atoms with Gasteiger partial charge in [0.15, 0.2) is 0 Å². The molecule has 2 heterocycles. The van der Waals surface area contributed by atoms with Crippen molar-refractivity contribution < 1.29 is 27.9 Å². The first-order valence-electron chi connectivity index (χ1n) is 10.2. The van der Waals surface area contributed by atoms with Crippen LogP contribution in [-0.2, 0) is 16.0 Å². The second-order valence-electron chi connectivity index (χ2n) is 7.83. The summed E-state index contributed by atoms with van der Waals surface area (Å²) in [5, 5.41) is 12.5. The van der Waals surface area contributed by atoms with Crippen molar-refractivity contribution in [2.45, 2.75) is 32.0 Å². The molecule has 11 heteroatoms. The smallest absolute Gasteiger partial charge is 0.393 e. The van der Waals surface area contributed by atoms with Crippen molar-refractivity contribution in [3.8, 4) is 5.75 Å². The van der Waals surface area contributed by atoms with Crippen molar-refractivity contribution in [3.63, 3.8) is 0 Å². The number of carbonyl (C=O) groups is 2. The molecule has 2 fully saturated rings. The number of phenolic OH excluding ortho intramolecular Hbond substituents is 1. The van der Waals surface area contributed by atoms with Crippen molar-refractivity contribution in [2.75, 3.05) is 51.1 Å². The molecule has 2 saturated heterocycles. The summed E-state index contributed by atoms with van der Waals surface area (Å²) >= 11 is 5.79. The van der Waals surface area contributed by atoms with E-state index >= 15 is 0 Å². The first-order valence-corrected chi connectivity index (χ1v) is 10.6. The zero-order valence-corrected chi connectivity index (χ0v) is 18.0. The fraction of sp³-hybridized carbons (Fsp3) is 0.600. The number of likely N-dealkylation sites (tertiary alicyclic amines) is 1. The number of aromatic hydroxyl groups is 1. The molecule has 0 aliphatic carbocycles. The molecular weight excluding hydrogens is 437 g/mol. The largest absolute Gasteiger partial charge is 0.506 e. The highest BCUT2D eigenvalue weighted by Crippen LogP contribution is 2.34. The van der Waals surface area contributed by atoms with Gasteiger partial charge in [-0.2, -0.15) is 13.2 Å². The molecule has 0 atom stereocenters. The number of rotatable bonds is 6. The molecule has 1 aromatic carbocycles. The van der Waals surface area contributed by atoms with Crippen LogP contribution in [0.2, 0.25) is 5.02 Å². The molecular formula is C20H26ClF3N4O3. The number of piperazine rings is 1. The van der Waals surface area contributed by atoms with E-state index in [0.717, 1.165) is 25.2 Å². The molecule has 2 aliphatic heterocycles. The van der Waals surface area contributed by atoms with Crippen LogP contribution in [0.1, 0.15) is 18.9 Å². The highest BCUT2D eigenvalue weighted by molar-refractivity contribution is 6.31. The third-order valence-electron chi connectivity index (χ3n) is 5.69. The Kier molecular flexibility index (Phi) is 7.20. The second kappa shape index (κ2) is 9.52. The molecule has 3 rings (SSSR count). The number of benzene rings is 1. The lowest BCUT2D eigenvalue weighted by Gasteiger charge is -2.48. The predicted molar refractivity (Wildman–Crippen MR) is 110 cm³/mol. The van der Waals surface area contributed by atoms with Crippen LogP contribution in [0.25, 0.3) is 0 Å². The van der Waals surface area contributed by atoms with Gasteiger partial charge in [-0.05, 0) is 11.6 Å². The Morgan fingerprint density at radius 3 is 2.35 bits per heavy atom. The van der Waals surface area contributed by atoms with Crippen LogP contribution in [-0.4, -0.2) is 89.7 Å². The van der Waals surface area contributed by atoms with Gasteiger partial charge in [0.2, 0.25) is 11.8 Å². The van der Waals surface area contributed by atoms with Gasteiger partial charge in [0.1, 0.15) is 5.75 Å². The molecule has 0 spiro atoms. The highest BCUT2D eigenvalue weighted by atomic mass is 35.5. The van der Waals surface area contributed by atoms with Crippen LogP contribution >= 0.6 is 11.6 Å². The normalized spacial score (nSPS) is 18.1. The Labute approximate surface area is 183 Å². The number of carbonyl (C=O) groups excluding carboxylic acids is 2. The van der Waals surface area contributed by atoms with Gasteiger partial charge in [-0.25, -0.2) is 0 Å². The molecule has 0 aromatic heterocycles. The fourth-order valence-electron chi connectivity index (χ4n) is 3.83. The van der Waals surface area contributed by atoms with Crippen LogP contribution in [0.4, 0.5) is 18.9 Å². The zero-order chi connectivity index (χ0) is 22.8. The Balaban J connectivity index is 1.48. The van der Waals surface area contributed by atoms with Crippen LogP contribution in [0.3, 0.4) is 0 Å². The van der Waals surface area contributed by atoms with E-state index in [2.05, 4.69) is 10.2 Å². The maximum absolute atomic E-state index is 12.7. The molecule has 1 aromatic rings. The number of anilines is 1. The number of amides is 2. The molecule has 2 aliphatic rings. The number of halogens is 4. The topological polar surface area (TPSA) is 76.1 Å². The zero-order valence-electron chi connectivity index (χ0n) is 17.2. The summed E-state index contributed by atoms with van der Waals surface area (Å²) in [5.74, 6) is -0.368. The van der Waals surface area contributed by atoms with Crippen molar-refractivity contribution in [1.29, 1.82) is 0 Å². The van der Waals surface area contributed by atoms with E-state index in [4.69, 9.17) is 11.6 Å². The van der Waals surface area contributed by atoms with Gasteiger partial charge in [0, 0.05) is 62.8 Å². The predicted octanol–water partition coefficient (Wildman–Crippen LogP) is 2.33. The first-order chi connectivity index (χ1) is 14.6. The average Bonchev–Trinajstić information content (AvgIpc) is 2.67. The molecule has 0 bridgehead atoms. The summed E-state index contributed by atoms with van der Waals surface area (Å²) in [5.41, 5.74) is -0.141. The summed E-state index contributed by atoms with van der Waals surface area (Å²) in [7, 11) is 0. The number of nitrogens with zero attached hydrogens (tertiary/aromatic N) is 3.